The minimum Gasteiger partial charge on any atom is -0.225 e. The van der Waals surface area contributed by atoms with E-state index in [-0.39, 0.29) is 0 Å². The standard InChI is InChI=1S/C6H10.C5H10O2S.C2H6/c1-4-5-6(2)3;1-3-4-5-8(2,6)7;1-2/h4-5H,2H2,1,3H3;4-5H,3H2,1-2H3;1-2H3/b5-4-;5-4+;. The second-order valence-electron chi connectivity index (χ2n) is 2.96. The molecule has 0 rings (SSSR count). The zero-order valence-corrected chi connectivity index (χ0v) is 12.3. The monoisotopic (exact) mass is 246 g/mol. The molecule has 0 aromatic heterocycles. The average Bonchev–Trinajstić information content (AvgIpc) is 2.17. The summed E-state index contributed by atoms with van der Waals surface area (Å²) in [6.07, 6.45) is 7.52. The molecular weight excluding hydrogens is 220 g/mol. The van der Waals surface area contributed by atoms with Gasteiger partial charge in [0.25, 0.3) is 0 Å². The van der Waals surface area contributed by atoms with Gasteiger partial charge in [0.1, 0.15) is 0 Å². The minimum absolute atomic E-state index is 0.771. The van der Waals surface area contributed by atoms with Crippen LogP contribution in [-0.2, 0) is 9.84 Å². The Balaban J connectivity index is -0.000000188. The van der Waals surface area contributed by atoms with Crippen LogP contribution < -0.4 is 0 Å². The highest BCUT2D eigenvalue weighted by atomic mass is 32.2. The predicted molar refractivity (Wildman–Crippen MR) is 75.3 cm³/mol. The Morgan fingerprint density at radius 2 is 1.75 bits per heavy atom. The van der Waals surface area contributed by atoms with Crippen LogP contribution in [0.3, 0.4) is 0 Å². The number of allylic oxidation sites excluding steroid dienone is 4. The predicted octanol–water partition coefficient (Wildman–Crippen LogP) is 4.12. The van der Waals surface area contributed by atoms with Crippen molar-refractivity contribution in [1.29, 1.82) is 0 Å². The number of hydrogen-bond acceptors (Lipinski definition) is 2. The molecule has 0 amide bonds. The molecule has 0 bridgehead atoms. The van der Waals surface area contributed by atoms with Gasteiger partial charge in [0.2, 0.25) is 0 Å². The maximum Gasteiger partial charge on any atom is 0.168 e. The van der Waals surface area contributed by atoms with E-state index in [4.69, 9.17) is 0 Å². The second kappa shape index (κ2) is 14.2. The van der Waals surface area contributed by atoms with E-state index >= 15 is 0 Å². The highest BCUT2D eigenvalue weighted by molar-refractivity contribution is 7.93. The molecule has 0 saturated heterocycles. The van der Waals surface area contributed by atoms with Crippen molar-refractivity contribution in [2.75, 3.05) is 6.26 Å². The van der Waals surface area contributed by atoms with Crippen molar-refractivity contribution in [2.45, 2.75) is 41.0 Å². The molecule has 0 radical (unpaired) electrons. The van der Waals surface area contributed by atoms with Crippen LogP contribution in [0.2, 0.25) is 0 Å². The van der Waals surface area contributed by atoms with E-state index in [9.17, 15) is 8.42 Å². The van der Waals surface area contributed by atoms with Crippen LogP contribution in [0.5, 0.6) is 0 Å². The quantitative estimate of drug-likeness (QED) is 0.702. The van der Waals surface area contributed by atoms with Gasteiger partial charge in [0.05, 0.1) is 0 Å². The first-order valence-electron chi connectivity index (χ1n) is 5.48. The molecule has 0 saturated carbocycles. The Bertz CT molecular complexity index is 296. The first-order chi connectivity index (χ1) is 7.33. The summed E-state index contributed by atoms with van der Waals surface area (Å²) in [5.74, 6) is 0. The Hall–Kier alpha value is -0.830. The lowest BCUT2D eigenvalue weighted by Crippen LogP contribution is -1.86. The summed E-state index contributed by atoms with van der Waals surface area (Å²) >= 11 is 0. The molecule has 16 heavy (non-hydrogen) atoms. The third-order valence-electron chi connectivity index (χ3n) is 1.03. The number of rotatable bonds is 3. The fourth-order valence-corrected chi connectivity index (χ4v) is 1.10. The van der Waals surface area contributed by atoms with Gasteiger partial charge in [0.15, 0.2) is 9.84 Å². The van der Waals surface area contributed by atoms with Gasteiger partial charge in [-0.25, -0.2) is 8.42 Å². The van der Waals surface area contributed by atoms with E-state index in [0.29, 0.717) is 0 Å². The molecule has 0 aromatic carbocycles. The molecule has 0 unspecified atom stereocenters. The first kappa shape index (κ1) is 20.6. The van der Waals surface area contributed by atoms with Crippen molar-refractivity contribution >= 4 is 9.84 Å². The van der Waals surface area contributed by atoms with Crippen LogP contribution in [0.25, 0.3) is 0 Å². The SMILES string of the molecule is C=C(C)/C=C\C.CC.CC/C=C/S(C)(=O)=O. The molecule has 2 nitrogen and oxygen atoms in total. The van der Waals surface area contributed by atoms with Gasteiger partial charge >= 0.3 is 0 Å². The lowest BCUT2D eigenvalue weighted by atomic mass is 10.3. The lowest BCUT2D eigenvalue weighted by Gasteiger charge is -1.80. The maximum atomic E-state index is 10.3. The summed E-state index contributed by atoms with van der Waals surface area (Å²) < 4.78 is 20.6. The average molecular weight is 246 g/mol. The summed E-state index contributed by atoms with van der Waals surface area (Å²) in [5, 5.41) is 1.22. The lowest BCUT2D eigenvalue weighted by molar-refractivity contribution is 0.610. The van der Waals surface area contributed by atoms with E-state index in [0.717, 1.165) is 12.0 Å². The fourth-order valence-electron chi connectivity index (χ4n) is 0.556. The molecule has 3 heteroatoms. The van der Waals surface area contributed by atoms with Crippen LogP contribution in [-0.4, -0.2) is 14.7 Å². The smallest absolute Gasteiger partial charge is 0.168 e. The molecular formula is C13H26O2S. The van der Waals surface area contributed by atoms with Gasteiger partial charge in [-0.2, -0.15) is 0 Å². The highest BCUT2D eigenvalue weighted by Crippen LogP contribution is 1.86. The summed E-state index contributed by atoms with van der Waals surface area (Å²) in [5.41, 5.74) is 1.11. The van der Waals surface area contributed by atoms with Crippen LogP contribution in [0, 0.1) is 0 Å². The molecule has 0 aromatic rings. The normalized spacial score (nSPS) is 10.4. The van der Waals surface area contributed by atoms with Gasteiger partial charge in [-0.1, -0.05) is 51.2 Å². The van der Waals surface area contributed by atoms with E-state index in [2.05, 4.69) is 6.58 Å². The van der Waals surface area contributed by atoms with E-state index < -0.39 is 9.84 Å². The molecule has 0 aliphatic heterocycles. The molecule has 0 fully saturated rings. The largest absolute Gasteiger partial charge is 0.225 e. The van der Waals surface area contributed by atoms with Crippen LogP contribution in [0.1, 0.15) is 41.0 Å². The third-order valence-corrected chi connectivity index (χ3v) is 1.72. The molecule has 0 aliphatic carbocycles. The van der Waals surface area contributed by atoms with Crippen molar-refractivity contribution in [3.05, 3.63) is 35.8 Å². The Morgan fingerprint density at radius 1 is 1.31 bits per heavy atom. The molecule has 0 aliphatic rings. The number of hydrogen-bond donors (Lipinski definition) is 0. The zero-order chi connectivity index (χ0) is 13.6. The Labute approximate surface area is 102 Å². The molecule has 0 spiro atoms. The van der Waals surface area contributed by atoms with Gasteiger partial charge < -0.3 is 0 Å². The van der Waals surface area contributed by atoms with E-state index in [1.54, 1.807) is 6.08 Å². The van der Waals surface area contributed by atoms with Crippen molar-refractivity contribution in [2.24, 2.45) is 0 Å². The van der Waals surface area contributed by atoms with E-state index in [1.165, 1.54) is 11.7 Å². The maximum absolute atomic E-state index is 10.3. The molecule has 0 N–H and O–H groups in total. The summed E-state index contributed by atoms with van der Waals surface area (Å²) in [6, 6.07) is 0. The minimum atomic E-state index is -2.87. The second-order valence-corrected chi connectivity index (χ2v) is 4.89. The van der Waals surface area contributed by atoms with Crippen molar-refractivity contribution < 1.29 is 8.42 Å². The van der Waals surface area contributed by atoms with Crippen molar-refractivity contribution in [3.8, 4) is 0 Å². The Kier molecular flexibility index (Phi) is 18.2. The summed E-state index contributed by atoms with van der Waals surface area (Å²) in [7, 11) is -2.87. The van der Waals surface area contributed by atoms with Crippen LogP contribution in [0.4, 0.5) is 0 Å². The molecule has 0 heterocycles. The molecule has 96 valence electrons. The Morgan fingerprint density at radius 3 is 1.81 bits per heavy atom. The topological polar surface area (TPSA) is 34.1 Å². The van der Waals surface area contributed by atoms with Crippen LogP contribution in [0.15, 0.2) is 35.8 Å². The van der Waals surface area contributed by atoms with Gasteiger partial charge in [-0.05, 0) is 20.3 Å². The summed E-state index contributed by atoms with van der Waals surface area (Å²) in [4.78, 5) is 0. The fraction of sp³-hybridized carbons (Fsp3) is 0.538. The summed E-state index contributed by atoms with van der Waals surface area (Å²) in [6.45, 7) is 13.5. The van der Waals surface area contributed by atoms with E-state index in [1.807, 2.05) is 46.8 Å². The van der Waals surface area contributed by atoms with Gasteiger partial charge in [-0.3, -0.25) is 0 Å². The van der Waals surface area contributed by atoms with Crippen LogP contribution >= 0.6 is 0 Å². The molecule has 0 atom stereocenters. The van der Waals surface area contributed by atoms with Gasteiger partial charge in [0, 0.05) is 11.7 Å². The number of sulfone groups is 1. The first-order valence-corrected chi connectivity index (χ1v) is 7.43. The van der Waals surface area contributed by atoms with Crippen molar-refractivity contribution in [1.82, 2.24) is 0 Å². The van der Waals surface area contributed by atoms with Gasteiger partial charge in [-0.15, -0.1) is 0 Å². The zero-order valence-electron chi connectivity index (χ0n) is 11.4. The third kappa shape index (κ3) is 37.9. The highest BCUT2D eigenvalue weighted by Gasteiger charge is 1.88. The van der Waals surface area contributed by atoms with Crippen molar-refractivity contribution in [3.63, 3.8) is 0 Å².